The van der Waals surface area contributed by atoms with Crippen LogP contribution in [0.25, 0.3) is 0 Å². The van der Waals surface area contributed by atoms with E-state index < -0.39 is 16.0 Å². The molecule has 7 nitrogen and oxygen atoms in total. The Morgan fingerprint density at radius 1 is 1.00 bits per heavy atom. The number of nitrogens with zero attached hydrogens (tertiary/aromatic N) is 2. The Kier molecular flexibility index (Phi) is 6.16. The first-order valence-corrected chi connectivity index (χ1v) is 10.9. The summed E-state index contributed by atoms with van der Waals surface area (Å²) >= 11 is 0. The van der Waals surface area contributed by atoms with Gasteiger partial charge in [-0.15, -0.1) is 0 Å². The number of likely N-dealkylation sites (tertiary alicyclic amines) is 1. The molecule has 0 radical (unpaired) electrons. The fourth-order valence-corrected chi connectivity index (χ4v) is 5.04. The minimum absolute atomic E-state index is 0.0873. The summed E-state index contributed by atoms with van der Waals surface area (Å²) in [5, 5.41) is 0. The van der Waals surface area contributed by atoms with Crippen molar-refractivity contribution < 1.29 is 22.7 Å². The van der Waals surface area contributed by atoms with Gasteiger partial charge in [0.2, 0.25) is 10.0 Å². The van der Waals surface area contributed by atoms with Crippen molar-refractivity contribution in [2.45, 2.75) is 43.9 Å². The number of ether oxygens (including phenoxy) is 1. The largest absolute Gasteiger partial charge is 0.452 e. The Morgan fingerprint density at radius 3 is 2.30 bits per heavy atom. The van der Waals surface area contributed by atoms with Crippen LogP contribution in [0.4, 0.5) is 0 Å². The molecule has 1 aromatic rings. The van der Waals surface area contributed by atoms with Crippen LogP contribution >= 0.6 is 0 Å². The minimum Gasteiger partial charge on any atom is -0.452 e. The van der Waals surface area contributed by atoms with Gasteiger partial charge in [0, 0.05) is 26.2 Å². The van der Waals surface area contributed by atoms with Gasteiger partial charge in [0.05, 0.1) is 10.5 Å². The molecule has 2 aliphatic rings. The van der Waals surface area contributed by atoms with Gasteiger partial charge in [-0.2, -0.15) is 4.31 Å². The smallest absolute Gasteiger partial charge is 0.338 e. The first-order valence-electron chi connectivity index (χ1n) is 9.45. The lowest BCUT2D eigenvalue weighted by Crippen LogP contribution is -2.38. The topological polar surface area (TPSA) is 84.0 Å². The van der Waals surface area contributed by atoms with Gasteiger partial charge >= 0.3 is 5.97 Å². The maximum atomic E-state index is 12.7. The number of hydrogen-bond donors (Lipinski definition) is 0. The van der Waals surface area contributed by atoms with E-state index in [9.17, 15) is 18.0 Å². The molecule has 1 aromatic carbocycles. The quantitative estimate of drug-likeness (QED) is 0.713. The van der Waals surface area contributed by atoms with Gasteiger partial charge in [0.15, 0.2) is 6.61 Å². The number of amides is 1. The zero-order valence-electron chi connectivity index (χ0n) is 15.6. The molecule has 27 heavy (non-hydrogen) atoms. The standard InChI is InChI=1S/C19H26N2O5S/c1-15-7-8-16(27(24,25)21-11-5-6-12-21)13-17(15)19(23)26-14-18(22)20-9-3-2-4-10-20/h7-8,13H,2-6,9-12,14H2,1H3. The number of piperidine rings is 1. The molecule has 0 unspecified atom stereocenters. The van der Waals surface area contributed by atoms with Gasteiger partial charge in [0.1, 0.15) is 0 Å². The number of benzene rings is 1. The van der Waals surface area contributed by atoms with Crippen molar-refractivity contribution in [2.75, 3.05) is 32.8 Å². The number of aryl methyl sites for hydroxylation is 1. The highest BCUT2D eigenvalue weighted by atomic mass is 32.2. The maximum Gasteiger partial charge on any atom is 0.338 e. The molecule has 2 saturated heterocycles. The molecular formula is C19H26N2O5S. The van der Waals surface area contributed by atoms with Gasteiger partial charge in [-0.05, 0) is 56.7 Å². The molecule has 2 heterocycles. The summed E-state index contributed by atoms with van der Waals surface area (Å²) in [5.74, 6) is -0.877. The van der Waals surface area contributed by atoms with Crippen LogP contribution in [0.5, 0.6) is 0 Å². The highest BCUT2D eigenvalue weighted by Gasteiger charge is 2.28. The molecule has 3 rings (SSSR count). The van der Waals surface area contributed by atoms with Crippen molar-refractivity contribution in [3.8, 4) is 0 Å². The summed E-state index contributed by atoms with van der Waals surface area (Å²) in [6.07, 6.45) is 4.74. The number of rotatable bonds is 5. The Bertz CT molecular complexity index is 809. The molecule has 148 valence electrons. The summed E-state index contributed by atoms with van der Waals surface area (Å²) < 4.78 is 32.0. The molecule has 0 saturated carbocycles. The lowest BCUT2D eigenvalue weighted by atomic mass is 10.1. The van der Waals surface area contributed by atoms with Crippen molar-refractivity contribution >= 4 is 21.9 Å². The predicted molar refractivity (Wildman–Crippen MR) is 99.9 cm³/mol. The predicted octanol–water partition coefficient (Wildman–Crippen LogP) is 1.95. The van der Waals surface area contributed by atoms with Crippen molar-refractivity contribution in [1.29, 1.82) is 0 Å². The van der Waals surface area contributed by atoms with Crippen LogP contribution < -0.4 is 0 Å². The van der Waals surface area contributed by atoms with Crippen molar-refractivity contribution in [1.82, 2.24) is 9.21 Å². The molecular weight excluding hydrogens is 368 g/mol. The van der Waals surface area contributed by atoms with Crippen molar-refractivity contribution in [3.05, 3.63) is 29.3 Å². The maximum absolute atomic E-state index is 12.7. The van der Waals surface area contributed by atoms with E-state index >= 15 is 0 Å². The second kappa shape index (κ2) is 8.39. The van der Waals surface area contributed by atoms with Crippen LogP contribution in [0.15, 0.2) is 23.1 Å². The van der Waals surface area contributed by atoms with Crippen molar-refractivity contribution in [2.24, 2.45) is 0 Å². The molecule has 0 spiro atoms. The van der Waals surface area contributed by atoms with Gasteiger partial charge in [-0.1, -0.05) is 6.07 Å². The van der Waals surface area contributed by atoms with Crippen LogP contribution in [0.3, 0.4) is 0 Å². The molecule has 0 aliphatic carbocycles. The fraction of sp³-hybridized carbons (Fsp3) is 0.579. The summed E-state index contributed by atoms with van der Waals surface area (Å²) in [4.78, 5) is 26.4. The van der Waals surface area contributed by atoms with Crippen LogP contribution in [-0.2, 0) is 19.6 Å². The Labute approximate surface area is 160 Å². The number of sulfonamides is 1. The molecule has 1 amide bonds. The highest BCUT2D eigenvalue weighted by molar-refractivity contribution is 7.89. The number of carbonyl (C=O) groups excluding carboxylic acids is 2. The van der Waals surface area contributed by atoms with E-state index in [1.54, 1.807) is 17.9 Å². The van der Waals surface area contributed by atoms with Gasteiger partial charge in [0.25, 0.3) is 5.91 Å². The average molecular weight is 394 g/mol. The minimum atomic E-state index is -3.61. The third kappa shape index (κ3) is 4.50. The van der Waals surface area contributed by atoms with Gasteiger partial charge < -0.3 is 9.64 Å². The lowest BCUT2D eigenvalue weighted by molar-refractivity contribution is -0.135. The Balaban J connectivity index is 1.70. The summed E-state index contributed by atoms with van der Waals surface area (Å²) in [6.45, 7) is 3.79. The van der Waals surface area contributed by atoms with E-state index in [-0.39, 0.29) is 23.0 Å². The van der Waals surface area contributed by atoms with E-state index in [4.69, 9.17) is 4.74 Å². The molecule has 2 fully saturated rings. The van der Waals surface area contributed by atoms with Crippen LogP contribution in [-0.4, -0.2) is 62.3 Å². The Morgan fingerprint density at radius 2 is 1.63 bits per heavy atom. The molecule has 8 heteroatoms. The van der Waals surface area contributed by atoms with Crippen LogP contribution in [0, 0.1) is 6.92 Å². The average Bonchev–Trinajstić information content (AvgIpc) is 3.22. The van der Waals surface area contributed by atoms with Crippen molar-refractivity contribution in [3.63, 3.8) is 0 Å². The lowest BCUT2D eigenvalue weighted by Gasteiger charge is -2.26. The van der Waals surface area contributed by atoms with E-state index in [0.717, 1.165) is 32.1 Å². The highest BCUT2D eigenvalue weighted by Crippen LogP contribution is 2.23. The molecule has 2 aliphatic heterocycles. The number of hydrogen-bond acceptors (Lipinski definition) is 5. The second-order valence-corrected chi connectivity index (χ2v) is 9.04. The number of carbonyl (C=O) groups is 2. The summed E-state index contributed by atoms with van der Waals surface area (Å²) in [7, 11) is -3.61. The Hall–Kier alpha value is -1.93. The number of esters is 1. The zero-order valence-corrected chi connectivity index (χ0v) is 16.5. The summed E-state index contributed by atoms with van der Waals surface area (Å²) in [5.41, 5.74) is 0.799. The molecule has 0 N–H and O–H groups in total. The fourth-order valence-electron chi connectivity index (χ4n) is 3.50. The molecule has 0 atom stereocenters. The van der Waals surface area contributed by atoms with Crippen LogP contribution in [0.2, 0.25) is 0 Å². The normalized spacial score (nSPS) is 18.5. The van der Waals surface area contributed by atoms with Gasteiger partial charge in [-0.3, -0.25) is 4.79 Å². The first-order chi connectivity index (χ1) is 12.9. The molecule has 0 bridgehead atoms. The van der Waals surface area contributed by atoms with Gasteiger partial charge in [-0.25, -0.2) is 13.2 Å². The monoisotopic (exact) mass is 394 g/mol. The van der Waals surface area contributed by atoms with E-state index in [1.165, 1.54) is 16.4 Å². The molecule has 0 aromatic heterocycles. The van der Waals surface area contributed by atoms with Crippen LogP contribution in [0.1, 0.15) is 48.0 Å². The van der Waals surface area contributed by atoms with E-state index in [1.807, 2.05) is 0 Å². The third-order valence-corrected chi connectivity index (χ3v) is 7.06. The first kappa shape index (κ1) is 19.8. The van der Waals surface area contributed by atoms with E-state index in [0.29, 0.717) is 31.7 Å². The SMILES string of the molecule is Cc1ccc(S(=O)(=O)N2CCCC2)cc1C(=O)OCC(=O)N1CCCCC1. The third-order valence-electron chi connectivity index (χ3n) is 5.17. The second-order valence-electron chi connectivity index (χ2n) is 7.11. The van der Waals surface area contributed by atoms with E-state index in [2.05, 4.69) is 0 Å². The summed E-state index contributed by atoms with van der Waals surface area (Å²) in [6, 6.07) is 4.47. The zero-order chi connectivity index (χ0) is 19.4.